The van der Waals surface area contributed by atoms with Gasteiger partial charge in [0.1, 0.15) is 35.7 Å². The van der Waals surface area contributed by atoms with Crippen LogP contribution in [0.5, 0.6) is 0 Å². The Bertz CT molecular complexity index is 8250. The molecule has 0 N–H and O–H groups in total. The van der Waals surface area contributed by atoms with Gasteiger partial charge in [0.05, 0.1) is 66.6 Å². The normalized spacial score (nSPS) is 13.7. The van der Waals surface area contributed by atoms with E-state index in [4.69, 9.17) is 15.0 Å². The summed E-state index contributed by atoms with van der Waals surface area (Å²) in [5.41, 5.74) is 30.8. The predicted molar refractivity (Wildman–Crippen MR) is 519 cm³/mol. The number of benzene rings is 15. The lowest BCUT2D eigenvalue weighted by Crippen LogP contribution is -2.49. The fourth-order valence-electron chi connectivity index (χ4n) is 20.9. The molecule has 0 atom stereocenters. The monoisotopic (exact) mass is 1610 g/mol. The lowest BCUT2D eigenvalue weighted by Gasteiger charge is -2.18. The molecule has 0 amide bonds. The van der Waals surface area contributed by atoms with Gasteiger partial charge >= 0.3 is 0 Å². The van der Waals surface area contributed by atoms with Gasteiger partial charge < -0.3 is 18.1 Å². The predicted octanol–water partition coefficient (Wildman–Crippen LogP) is 23.8. The summed E-state index contributed by atoms with van der Waals surface area (Å²) in [4.78, 5) is 19.6. The van der Waals surface area contributed by atoms with Gasteiger partial charge in [0.25, 0.3) is 0 Å². The summed E-state index contributed by atoms with van der Waals surface area (Å²) in [6, 6.07) is 132. The molecule has 15 aromatic carbocycles. The number of imidazole rings is 2. The number of nitrogens with zero attached hydrogens (tertiary/aromatic N) is 9. The van der Waals surface area contributed by atoms with Crippen LogP contribution in [0, 0.1) is 0 Å². The molecule has 23 aromatic rings. The summed E-state index contributed by atoms with van der Waals surface area (Å²) in [5.74, 6) is 0.951. The van der Waals surface area contributed by atoms with Crippen LogP contribution in [0.3, 0.4) is 0 Å². The summed E-state index contributed by atoms with van der Waals surface area (Å²) in [5, 5.41) is 19.5. The van der Waals surface area contributed by atoms with Gasteiger partial charge in [-0.3, -0.25) is 9.55 Å². The van der Waals surface area contributed by atoms with Crippen molar-refractivity contribution in [2.24, 2.45) is 0 Å². The minimum absolute atomic E-state index is 0.942. The summed E-state index contributed by atoms with van der Waals surface area (Å²) in [6.45, 7) is 14.9. The van der Waals surface area contributed by atoms with Gasteiger partial charge in [-0.25, -0.2) is 15.0 Å². The lowest BCUT2D eigenvalue weighted by atomic mass is 9.99. The molecule has 0 saturated carbocycles. The Morgan fingerprint density at radius 1 is 0.254 bits per heavy atom. The highest BCUT2D eigenvalue weighted by atomic mass is 28.3. The van der Waals surface area contributed by atoms with Crippen molar-refractivity contribution >= 4 is 159 Å². The first-order chi connectivity index (χ1) is 59.8. The third-order valence-electron chi connectivity index (χ3n) is 26.7. The number of hydrogen-bond acceptors (Lipinski definition) is 4. The molecule has 8 aromatic heterocycles. The van der Waals surface area contributed by atoms with Gasteiger partial charge in [0, 0.05) is 101 Å². The van der Waals surface area contributed by atoms with Gasteiger partial charge in [-0.05, 0) is 186 Å². The largest absolute Gasteiger partial charge is 0.309 e. The maximum absolute atomic E-state index is 5.07. The maximum atomic E-state index is 5.07. The molecule has 0 fully saturated rings. The molecule has 122 heavy (non-hydrogen) atoms. The van der Waals surface area contributed by atoms with Crippen molar-refractivity contribution in [2.45, 2.75) is 39.3 Å². The third kappa shape index (κ3) is 10.7. The molecule has 11 heterocycles. The lowest BCUT2D eigenvalue weighted by molar-refractivity contribution is 1.09. The van der Waals surface area contributed by atoms with E-state index in [0.29, 0.717) is 0 Å². The maximum Gasteiger partial charge on any atom is 0.145 e. The smallest absolute Gasteiger partial charge is 0.145 e. The van der Waals surface area contributed by atoms with Crippen molar-refractivity contribution < 1.29 is 0 Å². The highest BCUT2D eigenvalue weighted by molar-refractivity contribution is 7.05. The number of hydrogen-bond donors (Lipinski definition) is 0. The molecule has 3 aliphatic heterocycles. The molecule has 578 valence electrons. The van der Waals surface area contributed by atoms with Crippen molar-refractivity contribution in [3.63, 3.8) is 0 Å². The molecule has 3 aliphatic rings. The number of pyridine rings is 3. The van der Waals surface area contributed by atoms with E-state index in [2.05, 4.69) is 407 Å². The van der Waals surface area contributed by atoms with E-state index in [9.17, 15) is 0 Å². The summed E-state index contributed by atoms with van der Waals surface area (Å²) in [6.07, 6.45) is 5.98. The zero-order valence-corrected chi connectivity index (χ0v) is 71.4. The molecular formula is C110H81N9Si3. The zero-order chi connectivity index (χ0) is 81.4. The molecule has 0 aliphatic carbocycles. The fraction of sp³-hybridized carbons (Fsp3) is 0.0545. The third-order valence-corrected chi connectivity index (χ3v) is 37.4. The average Bonchev–Trinajstić information content (AvgIpc) is 1.55. The Balaban J connectivity index is 0.000000104. The second-order valence-electron chi connectivity index (χ2n) is 34.5. The first-order valence-electron chi connectivity index (χ1n) is 42.2. The molecule has 0 radical (unpaired) electrons. The van der Waals surface area contributed by atoms with Crippen LogP contribution in [0.25, 0.3) is 194 Å². The minimum Gasteiger partial charge on any atom is -0.309 e. The van der Waals surface area contributed by atoms with Crippen LogP contribution in [0.2, 0.25) is 39.3 Å². The van der Waals surface area contributed by atoms with Gasteiger partial charge in [0.2, 0.25) is 0 Å². The van der Waals surface area contributed by atoms with E-state index in [-0.39, 0.29) is 0 Å². The van der Waals surface area contributed by atoms with Gasteiger partial charge in [-0.15, -0.1) is 0 Å². The van der Waals surface area contributed by atoms with Crippen LogP contribution in [0.15, 0.2) is 383 Å². The standard InChI is InChI=1S/C39H29N3Si.C38H27N3Si.C33H25N3Si/c1-43(2)35-19-11-7-15-30(35)38-36(43)25-24-34-37(38)29-14-6-9-17-32(29)41(34)27-20-22-28(23-21-27)42-33-18-10-8-16-31(33)40-39(42)26-12-4-3-5-13-26;1-42(2)33-12-6-4-10-29(33)36-34(42)22-21-32-35(36)28-9-3-5-11-31(28)41(32)27-18-15-24(16-19-27)30-20-17-26-14-13-25-8-7-23-39-37(25)38(26)40-30;1-37(2)29-12-6-4-10-25(29)33-30(37)19-18-28-32(33)24-9-3-5-11-27(24)36(28)23-16-14-22(15-17-23)26-21-35-20-8-7-13-31(35)34-26/h3-25H,1-2H3;3-23H,1-2H3;3-21H,1-2H3. The van der Waals surface area contributed by atoms with Crippen molar-refractivity contribution in [2.75, 3.05) is 0 Å². The minimum atomic E-state index is -1.77. The number of para-hydroxylation sites is 5. The van der Waals surface area contributed by atoms with Crippen LogP contribution >= 0.6 is 0 Å². The van der Waals surface area contributed by atoms with Crippen molar-refractivity contribution in [1.82, 2.24) is 42.6 Å². The fourth-order valence-corrected chi connectivity index (χ4v) is 30.1. The molecule has 0 bridgehead atoms. The Kier molecular flexibility index (Phi) is 15.9. The first kappa shape index (κ1) is 71.4. The molecular weight excluding hydrogens is 1530 g/mol. The number of rotatable bonds is 7. The van der Waals surface area contributed by atoms with Crippen LogP contribution in [-0.4, -0.2) is 66.8 Å². The number of fused-ring (bicyclic) bond motifs is 26. The highest BCUT2D eigenvalue weighted by Crippen LogP contribution is 2.46. The average molecular weight is 1610 g/mol. The Morgan fingerprint density at radius 3 is 1.15 bits per heavy atom. The van der Waals surface area contributed by atoms with E-state index >= 15 is 0 Å². The molecule has 0 spiro atoms. The van der Waals surface area contributed by atoms with Gasteiger partial charge in [-0.1, -0.05) is 282 Å². The van der Waals surface area contributed by atoms with Crippen LogP contribution in [0.4, 0.5) is 0 Å². The second-order valence-corrected chi connectivity index (χ2v) is 47.4. The molecule has 0 saturated heterocycles. The van der Waals surface area contributed by atoms with Crippen LogP contribution < -0.4 is 31.1 Å². The molecule has 26 rings (SSSR count). The molecule has 0 unspecified atom stereocenters. The number of aromatic nitrogens is 9. The summed E-state index contributed by atoms with van der Waals surface area (Å²) < 4.78 is 11.6. The van der Waals surface area contributed by atoms with Crippen molar-refractivity contribution in [3.8, 4) is 90.0 Å². The van der Waals surface area contributed by atoms with E-state index in [0.717, 1.165) is 89.5 Å². The SMILES string of the molecule is C[Si]1(C)c2ccccc2-c2c1ccc1c2c2ccccc2n1-c1ccc(-c2ccc3ccc4cccnc4c3n2)cc1.C[Si]1(C)c2ccccc2-c2c1ccc1c2c2ccccc2n1-c1ccc(-c2cn3ccccc3n2)cc1.C[Si]1(C)c2ccccc2-c2c1ccc1c2c2ccccc2n1-c1ccc(-n2c(-c3ccccc3)nc3ccccc32)cc1. The topological polar surface area (TPSA) is 75.7 Å². The zero-order valence-electron chi connectivity index (χ0n) is 68.4. The summed E-state index contributed by atoms with van der Waals surface area (Å²) >= 11 is 0. The molecule has 12 heteroatoms. The molecule has 9 nitrogen and oxygen atoms in total. The van der Waals surface area contributed by atoms with Crippen molar-refractivity contribution in [1.29, 1.82) is 0 Å². The summed E-state index contributed by atoms with van der Waals surface area (Å²) in [7, 11) is -5.26. The van der Waals surface area contributed by atoms with Gasteiger partial charge in [-0.2, -0.15) is 0 Å². The Hall–Kier alpha value is -14.7. The first-order valence-corrected chi connectivity index (χ1v) is 51.2. The highest BCUT2D eigenvalue weighted by Gasteiger charge is 2.42. The Morgan fingerprint density at radius 2 is 0.656 bits per heavy atom. The van der Waals surface area contributed by atoms with Gasteiger partial charge in [0.15, 0.2) is 0 Å². The van der Waals surface area contributed by atoms with Crippen LogP contribution in [-0.2, 0) is 0 Å². The van der Waals surface area contributed by atoms with E-state index in [1.807, 2.05) is 42.7 Å². The van der Waals surface area contributed by atoms with E-state index in [1.54, 1.807) is 31.1 Å². The Labute approximate surface area is 708 Å². The second kappa shape index (κ2) is 27.2. The van der Waals surface area contributed by atoms with E-state index < -0.39 is 24.2 Å². The quantitative estimate of drug-likeness (QED) is 0.118. The van der Waals surface area contributed by atoms with E-state index in [1.165, 1.54) is 104 Å². The van der Waals surface area contributed by atoms with Crippen LogP contribution in [0.1, 0.15) is 0 Å². The van der Waals surface area contributed by atoms with Crippen molar-refractivity contribution in [3.05, 3.63) is 383 Å².